The highest BCUT2D eigenvalue weighted by Gasteiger charge is 2.27. The summed E-state index contributed by atoms with van der Waals surface area (Å²) in [5, 5.41) is 1.71. The first-order valence-electron chi connectivity index (χ1n) is 5.60. The Morgan fingerprint density at radius 3 is 2.32 bits per heavy atom. The topological polar surface area (TPSA) is 47.6 Å². The summed E-state index contributed by atoms with van der Waals surface area (Å²) in [6, 6.07) is 6.61. The van der Waals surface area contributed by atoms with Crippen LogP contribution in [-0.2, 0) is 4.79 Å². The van der Waals surface area contributed by atoms with Gasteiger partial charge in [0.15, 0.2) is 18.1 Å². The van der Waals surface area contributed by atoms with E-state index >= 15 is 0 Å². The highest BCUT2D eigenvalue weighted by atomic mass is 19.4. The molecule has 1 amide bonds. The Kier molecular flexibility index (Phi) is 5.47. The van der Waals surface area contributed by atoms with E-state index in [-0.39, 0.29) is 0 Å². The van der Waals surface area contributed by atoms with Gasteiger partial charge in [0.2, 0.25) is 0 Å². The number of alkyl halides is 3. The highest BCUT2D eigenvalue weighted by molar-refractivity contribution is 5.77. The predicted octanol–water partition coefficient (Wildman–Crippen LogP) is 2.14. The molecular weight excluding hydrogens is 263 g/mol. The third-order valence-corrected chi connectivity index (χ3v) is 1.99. The van der Waals surface area contributed by atoms with Gasteiger partial charge >= 0.3 is 6.18 Å². The number of hydrogen-bond donors (Lipinski definition) is 1. The fourth-order valence-corrected chi connectivity index (χ4v) is 1.24. The second kappa shape index (κ2) is 6.86. The van der Waals surface area contributed by atoms with Gasteiger partial charge in [-0.2, -0.15) is 13.2 Å². The van der Waals surface area contributed by atoms with Crippen LogP contribution in [0.2, 0.25) is 0 Å². The zero-order chi connectivity index (χ0) is 14.3. The van der Waals surface area contributed by atoms with E-state index in [1.807, 2.05) is 0 Å². The summed E-state index contributed by atoms with van der Waals surface area (Å²) in [6.07, 6.45) is -4.43. The number of rotatable bonds is 6. The zero-order valence-electron chi connectivity index (χ0n) is 10.3. The van der Waals surface area contributed by atoms with Crippen molar-refractivity contribution in [3.8, 4) is 11.5 Å². The number of ether oxygens (including phenoxy) is 2. The summed E-state index contributed by atoms with van der Waals surface area (Å²) in [5.41, 5.74) is 0. The first-order chi connectivity index (χ1) is 8.92. The summed E-state index contributed by atoms with van der Waals surface area (Å²) in [7, 11) is 0. The number of benzene rings is 1. The molecule has 7 heteroatoms. The van der Waals surface area contributed by atoms with E-state index < -0.39 is 25.2 Å². The fraction of sp³-hybridized carbons (Fsp3) is 0.417. The van der Waals surface area contributed by atoms with Crippen LogP contribution in [0.15, 0.2) is 24.3 Å². The molecule has 0 aromatic heterocycles. The summed E-state index contributed by atoms with van der Waals surface area (Å²) in [6.45, 7) is 0.329. The molecule has 106 valence electrons. The molecule has 0 spiro atoms. The molecule has 0 saturated heterocycles. The minimum atomic E-state index is -4.43. The molecule has 0 aliphatic carbocycles. The molecule has 0 aliphatic heterocycles. The van der Waals surface area contributed by atoms with Crippen LogP contribution < -0.4 is 14.8 Å². The smallest absolute Gasteiger partial charge is 0.405 e. The van der Waals surface area contributed by atoms with Crippen LogP contribution in [0.25, 0.3) is 0 Å². The quantitative estimate of drug-likeness (QED) is 0.866. The fourth-order valence-electron chi connectivity index (χ4n) is 1.24. The van der Waals surface area contributed by atoms with Crippen LogP contribution in [0.3, 0.4) is 0 Å². The Labute approximate surface area is 108 Å². The van der Waals surface area contributed by atoms with Gasteiger partial charge in [0.25, 0.3) is 5.91 Å². The van der Waals surface area contributed by atoms with Crippen LogP contribution >= 0.6 is 0 Å². The average Bonchev–Trinajstić information content (AvgIpc) is 2.35. The molecule has 0 bridgehead atoms. The van der Waals surface area contributed by atoms with Crippen molar-refractivity contribution in [3.05, 3.63) is 24.3 Å². The zero-order valence-corrected chi connectivity index (χ0v) is 10.3. The normalized spacial score (nSPS) is 10.9. The number of carbonyl (C=O) groups excluding carboxylic acids is 1. The van der Waals surface area contributed by atoms with Gasteiger partial charge in [-0.3, -0.25) is 4.79 Å². The summed E-state index contributed by atoms with van der Waals surface area (Å²) in [4.78, 5) is 11.2. The van der Waals surface area contributed by atoms with Crippen LogP contribution in [0.5, 0.6) is 11.5 Å². The van der Waals surface area contributed by atoms with E-state index in [2.05, 4.69) is 0 Å². The van der Waals surface area contributed by atoms with Crippen molar-refractivity contribution >= 4 is 5.91 Å². The van der Waals surface area contributed by atoms with Crippen molar-refractivity contribution in [1.29, 1.82) is 0 Å². The van der Waals surface area contributed by atoms with Gasteiger partial charge in [0.05, 0.1) is 6.61 Å². The van der Waals surface area contributed by atoms with Crippen molar-refractivity contribution in [2.24, 2.45) is 0 Å². The third kappa shape index (κ3) is 5.98. The Morgan fingerprint density at radius 2 is 1.79 bits per heavy atom. The lowest BCUT2D eigenvalue weighted by Crippen LogP contribution is -2.36. The molecule has 1 aromatic rings. The molecule has 4 nitrogen and oxygen atoms in total. The first kappa shape index (κ1) is 15.1. The summed E-state index contributed by atoms with van der Waals surface area (Å²) in [5.74, 6) is -0.0937. The van der Waals surface area contributed by atoms with Gasteiger partial charge in [-0.1, -0.05) is 12.1 Å². The van der Waals surface area contributed by atoms with E-state index in [4.69, 9.17) is 9.47 Å². The largest absolute Gasteiger partial charge is 0.490 e. The molecule has 0 aliphatic rings. The number of hydrogen-bond acceptors (Lipinski definition) is 3. The van der Waals surface area contributed by atoms with Gasteiger partial charge in [0, 0.05) is 0 Å². The SMILES string of the molecule is CCOc1ccccc1OCC(=O)NCC(F)(F)F. The maximum absolute atomic E-state index is 11.9. The highest BCUT2D eigenvalue weighted by Crippen LogP contribution is 2.26. The minimum absolute atomic E-state index is 0.312. The molecule has 0 atom stereocenters. The Morgan fingerprint density at radius 1 is 1.21 bits per heavy atom. The molecular formula is C12H14F3NO3. The second-order valence-electron chi connectivity index (χ2n) is 3.56. The molecule has 1 N–H and O–H groups in total. The van der Waals surface area contributed by atoms with Crippen LogP contribution in [0.4, 0.5) is 13.2 Å². The molecule has 0 unspecified atom stereocenters. The third-order valence-electron chi connectivity index (χ3n) is 1.99. The number of para-hydroxylation sites is 2. The first-order valence-corrected chi connectivity index (χ1v) is 5.60. The van der Waals surface area contributed by atoms with Gasteiger partial charge in [-0.15, -0.1) is 0 Å². The maximum atomic E-state index is 11.9. The van der Waals surface area contributed by atoms with Gasteiger partial charge < -0.3 is 14.8 Å². The van der Waals surface area contributed by atoms with E-state index in [0.29, 0.717) is 18.1 Å². The maximum Gasteiger partial charge on any atom is 0.405 e. The Balaban J connectivity index is 2.46. The van der Waals surface area contributed by atoms with Crippen LogP contribution in [0, 0.1) is 0 Å². The number of halogens is 3. The van der Waals surface area contributed by atoms with Crippen molar-refractivity contribution < 1.29 is 27.4 Å². The average molecular weight is 277 g/mol. The molecule has 19 heavy (non-hydrogen) atoms. The van der Waals surface area contributed by atoms with Crippen molar-refractivity contribution in [2.45, 2.75) is 13.1 Å². The minimum Gasteiger partial charge on any atom is -0.490 e. The molecule has 0 radical (unpaired) electrons. The van der Waals surface area contributed by atoms with Crippen molar-refractivity contribution in [3.63, 3.8) is 0 Å². The molecule has 0 saturated carbocycles. The standard InChI is InChI=1S/C12H14F3NO3/c1-2-18-9-5-3-4-6-10(9)19-7-11(17)16-8-12(13,14)15/h3-6H,2,7-8H2,1H3,(H,16,17). The van der Waals surface area contributed by atoms with Crippen LogP contribution in [-0.4, -0.2) is 31.8 Å². The van der Waals surface area contributed by atoms with Gasteiger partial charge in [-0.25, -0.2) is 0 Å². The van der Waals surface area contributed by atoms with Gasteiger partial charge in [-0.05, 0) is 19.1 Å². The lowest BCUT2D eigenvalue weighted by atomic mass is 10.3. The van der Waals surface area contributed by atoms with Crippen LogP contribution in [0.1, 0.15) is 6.92 Å². The molecule has 1 aromatic carbocycles. The Bertz CT molecular complexity index is 421. The number of amides is 1. The predicted molar refractivity (Wildman–Crippen MR) is 62.2 cm³/mol. The number of nitrogens with one attached hydrogen (secondary N) is 1. The van der Waals surface area contributed by atoms with E-state index in [1.165, 1.54) is 0 Å². The van der Waals surface area contributed by atoms with Gasteiger partial charge in [0.1, 0.15) is 6.54 Å². The molecule has 0 fully saturated rings. The lowest BCUT2D eigenvalue weighted by Gasteiger charge is -2.12. The molecule has 0 heterocycles. The second-order valence-corrected chi connectivity index (χ2v) is 3.56. The molecule has 1 rings (SSSR count). The lowest BCUT2D eigenvalue weighted by molar-refractivity contribution is -0.139. The van der Waals surface area contributed by atoms with E-state index in [0.717, 1.165) is 0 Å². The van der Waals surface area contributed by atoms with E-state index in [9.17, 15) is 18.0 Å². The monoisotopic (exact) mass is 277 g/mol. The number of carbonyl (C=O) groups is 1. The summed E-state index contributed by atoms with van der Waals surface area (Å²) >= 11 is 0. The summed E-state index contributed by atoms with van der Waals surface area (Å²) < 4.78 is 46.0. The van der Waals surface area contributed by atoms with E-state index in [1.54, 1.807) is 36.5 Å². The van der Waals surface area contributed by atoms with Crippen molar-refractivity contribution in [1.82, 2.24) is 5.32 Å². The van der Waals surface area contributed by atoms with Crippen molar-refractivity contribution in [2.75, 3.05) is 19.8 Å². The Hall–Kier alpha value is -1.92.